The quantitative estimate of drug-likeness (QED) is 0.367. The first-order chi connectivity index (χ1) is 17.9. The molecule has 0 bridgehead atoms. The lowest BCUT2D eigenvalue weighted by Crippen LogP contribution is -2.39. The van der Waals surface area contributed by atoms with Crippen molar-refractivity contribution in [1.29, 1.82) is 0 Å². The molecule has 0 aromatic heterocycles. The van der Waals surface area contributed by atoms with Gasteiger partial charge in [-0.25, -0.2) is 0 Å². The standard InChI is InChI=1S/C31H35NO5/c1-20-4-2-3-13-32(20)14-15-37-26-11-5-21(6-12-26)16-24-19-29(35)31(36)30-27(24)17-23(18-28(30)34)22-7-9-25(33)10-8-22/h5-12,19-20,23,33,35-36H,2-4,13-18H2,1H3. The molecule has 5 rings (SSSR count). The van der Waals surface area contributed by atoms with Gasteiger partial charge in [0, 0.05) is 19.0 Å². The first-order valence-corrected chi connectivity index (χ1v) is 13.2. The second-order valence-corrected chi connectivity index (χ2v) is 10.4. The van der Waals surface area contributed by atoms with Gasteiger partial charge in [0.05, 0.1) is 5.56 Å². The number of piperidine rings is 1. The third-order valence-corrected chi connectivity index (χ3v) is 7.91. The van der Waals surface area contributed by atoms with Crippen LogP contribution in [0.3, 0.4) is 0 Å². The fourth-order valence-electron chi connectivity index (χ4n) is 5.76. The molecule has 6 nitrogen and oxygen atoms in total. The van der Waals surface area contributed by atoms with E-state index in [0.29, 0.717) is 25.5 Å². The number of hydrogen-bond acceptors (Lipinski definition) is 6. The van der Waals surface area contributed by atoms with E-state index in [0.717, 1.165) is 41.1 Å². The summed E-state index contributed by atoms with van der Waals surface area (Å²) in [4.78, 5) is 15.5. The van der Waals surface area contributed by atoms with E-state index >= 15 is 0 Å². The van der Waals surface area contributed by atoms with Gasteiger partial charge in [-0.15, -0.1) is 0 Å². The van der Waals surface area contributed by atoms with E-state index in [9.17, 15) is 20.1 Å². The van der Waals surface area contributed by atoms with Crippen LogP contribution in [0.5, 0.6) is 23.0 Å². The monoisotopic (exact) mass is 501 g/mol. The summed E-state index contributed by atoms with van der Waals surface area (Å²) in [7, 11) is 0. The van der Waals surface area contributed by atoms with Crippen LogP contribution in [-0.4, -0.2) is 51.7 Å². The number of benzene rings is 3. The molecule has 37 heavy (non-hydrogen) atoms. The highest BCUT2D eigenvalue weighted by molar-refractivity contribution is 6.02. The molecule has 3 aromatic rings. The van der Waals surface area contributed by atoms with Crippen LogP contribution in [-0.2, 0) is 12.8 Å². The highest BCUT2D eigenvalue weighted by Gasteiger charge is 2.32. The number of rotatable bonds is 7. The van der Waals surface area contributed by atoms with Gasteiger partial charge < -0.3 is 20.1 Å². The number of aromatic hydroxyl groups is 3. The normalized spacial score (nSPS) is 20.0. The van der Waals surface area contributed by atoms with Crippen molar-refractivity contribution >= 4 is 5.78 Å². The highest BCUT2D eigenvalue weighted by Crippen LogP contribution is 2.43. The van der Waals surface area contributed by atoms with Crippen LogP contribution in [0, 0.1) is 0 Å². The minimum Gasteiger partial charge on any atom is -0.508 e. The number of nitrogens with zero attached hydrogens (tertiary/aromatic N) is 1. The molecule has 3 N–H and O–H groups in total. The summed E-state index contributed by atoms with van der Waals surface area (Å²) in [6, 6.07) is 17.1. The molecule has 2 unspecified atom stereocenters. The van der Waals surface area contributed by atoms with Crippen LogP contribution in [0.1, 0.15) is 71.1 Å². The molecule has 194 valence electrons. The van der Waals surface area contributed by atoms with Gasteiger partial charge in [0.2, 0.25) is 0 Å². The van der Waals surface area contributed by atoms with Crippen molar-refractivity contribution in [3.05, 3.63) is 82.4 Å². The largest absolute Gasteiger partial charge is 0.508 e. The lowest BCUT2D eigenvalue weighted by atomic mass is 9.76. The van der Waals surface area contributed by atoms with Gasteiger partial charge in [-0.1, -0.05) is 30.7 Å². The molecule has 0 amide bonds. The smallest absolute Gasteiger partial charge is 0.168 e. The van der Waals surface area contributed by atoms with Gasteiger partial charge in [0.25, 0.3) is 0 Å². The van der Waals surface area contributed by atoms with Crippen LogP contribution in [0.2, 0.25) is 0 Å². The van der Waals surface area contributed by atoms with E-state index in [-0.39, 0.29) is 40.9 Å². The molecule has 1 fully saturated rings. The molecular weight excluding hydrogens is 466 g/mol. The Kier molecular flexibility index (Phi) is 7.38. The summed E-state index contributed by atoms with van der Waals surface area (Å²) in [6.07, 6.45) is 5.18. The maximum atomic E-state index is 13.1. The van der Waals surface area contributed by atoms with E-state index in [4.69, 9.17) is 4.74 Å². The number of Topliss-reactive ketones (excluding diaryl/α,β-unsaturated/α-hetero) is 1. The Balaban J connectivity index is 1.30. The zero-order chi connectivity index (χ0) is 25.9. The predicted octanol–water partition coefficient (Wildman–Crippen LogP) is 5.56. The lowest BCUT2D eigenvalue weighted by Gasteiger charge is -2.33. The van der Waals surface area contributed by atoms with E-state index < -0.39 is 0 Å². The molecule has 2 aliphatic rings. The van der Waals surface area contributed by atoms with Gasteiger partial charge >= 0.3 is 0 Å². The van der Waals surface area contributed by atoms with Crippen LogP contribution in [0.25, 0.3) is 0 Å². The van der Waals surface area contributed by atoms with Crippen molar-refractivity contribution < 1.29 is 24.9 Å². The second-order valence-electron chi connectivity index (χ2n) is 10.4. The Morgan fingerprint density at radius 1 is 0.973 bits per heavy atom. The van der Waals surface area contributed by atoms with Crippen molar-refractivity contribution in [2.45, 2.75) is 57.4 Å². The number of ether oxygens (including phenoxy) is 1. The van der Waals surface area contributed by atoms with Crippen LogP contribution < -0.4 is 4.74 Å². The average Bonchev–Trinajstić information content (AvgIpc) is 2.89. The van der Waals surface area contributed by atoms with Crippen molar-refractivity contribution in [1.82, 2.24) is 4.90 Å². The molecule has 0 spiro atoms. The lowest BCUT2D eigenvalue weighted by molar-refractivity contribution is 0.0960. The van der Waals surface area contributed by atoms with E-state index in [1.165, 1.54) is 19.3 Å². The molecule has 0 radical (unpaired) electrons. The molecule has 0 saturated carbocycles. The topological polar surface area (TPSA) is 90.2 Å². The van der Waals surface area contributed by atoms with Crippen LogP contribution >= 0.6 is 0 Å². The summed E-state index contributed by atoms with van der Waals surface area (Å²) >= 11 is 0. The number of phenols is 3. The predicted molar refractivity (Wildman–Crippen MR) is 143 cm³/mol. The molecular formula is C31H35NO5. The van der Waals surface area contributed by atoms with Gasteiger partial charge in [-0.3, -0.25) is 9.69 Å². The minimum absolute atomic E-state index is 0.0540. The number of phenolic OH excluding ortho intramolecular Hbond substituents is 3. The third-order valence-electron chi connectivity index (χ3n) is 7.91. The summed E-state index contributed by atoms with van der Waals surface area (Å²) in [6.45, 7) is 5.01. The number of ketones is 1. The fourth-order valence-corrected chi connectivity index (χ4v) is 5.76. The molecule has 1 saturated heterocycles. The second kappa shape index (κ2) is 10.9. The number of fused-ring (bicyclic) bond motifs is 1. The Morgan fingerprint density at radius 3 is 2.46 bits per heavy atom. The summed E-state index contributed by atoms with van der Waals surface area (Å²) < 4.78 is 6.00. The van der Waals surface area contributed by atoms with Crippen LogP contribution in [0.4, 0.5) is 0 Å². The zero-order valence-electron chi connectivity index (χ0n) is 21.3. The Bertz CT molecular complexity index is 1250. The van der Waals surface area contributed by atoms with Gasteiger partial charge in [0.15, 0.2) is 17.3 Å². The van der Waals surface area contributed by atoms with Crippen molar-refractivity contribution in [2.24, 2.45) is 0 Å². The first kappa shape index (κ1) is 25.2. The van der Waals surface area contributed by atoms with Crippen molar-refractivity contribution in [3.8, 4) is 23.0 Å². The fraction of sp³-hybridized carbons (Fsp3) is 0.387. The van der Waals surface area contributed by atoms with E-state index in [1.54, 1.807) is 18.2 Å². The summed E-state index contributed by atoms with van der Waals surface area (Å²) in [5.41, 5.74) is 3.84. The van der Waals surface area contributed by atoms with Crippen molar-refractivity contribution in [3.63, 3.8) is 0 Å². The molecule has 3 aromatic carbocycles. The first-order valence-electron chi connectivity index (χ1n) is 13.2. The number of carbonyl (C=O) groups is 1. The number of likely N-dealkylation sites (tertiary alicyclic amines) is 1. The molecule has 1 aliphatic heterocycles. The maximum absolute atomic E-state index is 13.1. The number of carbonyl (C=O) groups excluding carboxylic acids is 1. The van der Waals surface area contributed by atoms with Gasteiger partial charge in [0.1, 0.15) is 18.1 Å². The Labute approximate surface area is 218 Å². The number of hydrogen-bond donors (Lipinski definition) is 3. The zero-order valence-corrected chi connectivity index (χ0v) is 21.3. The third kappa shape index (κ3) is 5.59. The molecule has 6 heteroatoms. The van der Waals surface area contributed by atoms with Crippen LogP contribution in [0.15, 0.2) is 54.6 Å². The van der Waals surface area contributed by atoms with Crippen molar-refractivity contribution in [2.75, 3.05) is 19.7 Å². The van der Waals surface area contributed by atoms with Gasteiger partial charge in [-0.2, -0.15) is 0 Å². The Hall–Kier alpha value is -3.51. The van der Waals surface area contributed by atoms with E-state index in [1.807, 2.05) is 36.4 Å². The maximum Gasteiger partial charge on any atom is 0.168 e. The average molecular weight is 502 g/mol. The highest BCUT2D eigenvalue weighted by atomic mass is 16.5. The molecule has 2 atom stereocenters. The van der Waals surface area contributed by atoms with E-state index in [2.05, 4.69) is 11.8 Å². The molecule has 1 heterocycles. The summed E-state index contributed by atoms with van der Waals surface area (Å²) in [5.74, 6) is 0.175. The molecule has 1 aliphatic carbocycles. The minimum atomic E-state index is -0.334. The summed E-state index contributed by atoms with van der Waals surface area (Å²) in [5, 5.41) is 30.5. The SMILES string of the molecule is CC1CCCCN1CCOc1ccc(Cc2cc(O)c(O)c3c2CC(c2ccc(O)cc2)CC3=O)cc1. The van der Waals surface area contributed by atoms with Gasteiger partial charge in [-0.05, 0) is 97.7 Å². The Morgan fingerprint density at radius 2 is 1.73 bits per heavy atom.